The van der Waals surface area contributed by atoms with Gasteiger partial charge in [-0.2, -0.15) is 0 Å². The summed E-state index contributed by atoms with van der Waals surface area (Å²) >= 11 is 0. The number of hydrogen-bond donors (Lipinski definition) is 3. The molecule has 0 saturated carbocycles. The predicted octanol–water partition coefficient (Wildman–Crippen LogP) is 2.78. The number of halogens is 2. The minimum Gasteiger partial charge on any atom is -0.480 e. The highest BCUT2D eigenvalue weighted by molar-refractivity contribution is 7.89. The van der Waals surface area contributed by atoms with Gasteiger partial charge in [-0.05, 0) is 37.0 Å². The molecule has 0 aliphatic heterocycles. The molecule has 0 atom stereocenters. The third-order valence-corrected chi connectivity index (χ3v) is 5.41. The number of aromatic nitrogens is 1. The molecule has 0 unspecified atom stereocenters. The van der Waals surface area contributed by atoms with Crippen LogP contribution in [0, 0.1) is 11.6 Å². The molecule has 5 N–H and O–H groups in total. The van der Waals surface area contributed by atoms with Crippen LogP contribution in [-0.2, 0) is 16.6 Å². The van der Waals surface area contributed by atoms with Crippen LogP contribution in [0.5, 0.6) is 5.88 Å². The Morgan fingerprint density at radius 1 is 1.29 bits per heavy atom. The van der Waals surface area contributed by atoms with E-state index in [4.69, 9.17) is 15.6 Å². The molecule has 0 amide bonds. The van der Waals surface area contributed by atoms with Gasteiger partial charge in [-0.25, -0.2) is 27.3 Å². The van der Waals surface area contributed by atoms with E-state index < -0.39 is 26.6 Å². The average Bonchev–Trinajstić information content (AvgIpc) is 3.15. The number of hydrogen-bond acceptors (Lipinski definition) is 6. The topological polar surface area (TPSA) is 120 Å². The first kappa shape index (κ1) is 20.0. The first-order chi connectivity index (χ1) is 13.2. The van der Waals surface area contributed by atoms with Crippen molar-refractivity contribution in [2.24, 2.45) is 5.14 Å². The van der Waals surface area contributed by atoms with Crippen molar-refractivity contribution in [2.75, 3.05) is 18.2 Å². The average molecular weight is 410 g/mol. The Kier molecular flexibility index (Phi) is 5.52. The number of benzene rings is 1. The molecule has 2 aromatic rings. The van der Waals surface area contributed by atoms with Gasteiger partial charge in [0.15, 0.2) is 0 Å². The molecule has 3 rings (SSSR count). The third kappa shape index (κ3) is 3.92. The van der Waals surface area contributed by atoms with Gasteiger partial charge >= 0.3 is 0 Å². The summed E-state index contributed by atoms with van der Waals surface area (Å²) in [7, 11) is -2.74. The van der Waals surface area contributed by atoms with Crippen LogP contribution < -0.4 is 20.9 Å². The lowest BCUT2D eigenvalue weighted by Crippen LogP contribution is -2.15. The summed E-state index contributed by atoms with van der Waals surface area (Å²) in [5, 5.41) is 7.87. The van der Waals surface area contributed by atoms with Crippen molar-refractivity contribution in [3.8, 4) is 5.88 Å². The summed E-state index contributed by atoms with van der Waals surface area (Å²) in [5.41, 5.74) is 8.10. The number of primary sulfonamides is 1. The van der Waals surface area contributed by atoms with Crippen molar-refractivity contribution in [1.82, 2.24) is 4.98 Å². The molecule has 10 heteroatoms. The molecule has 1 heterocycles. The summed E-state index contributed by atoms with van der Waals surface area (Å²) in [6.45, 7) is -0.264. The molecule has 0 fully saturated rings. The van der Waals surface area contributed by atoms with E-state index in [2.05, 4.69) is 10.3 Å². The highest BCUT2D eigenvalue weighted by atomic mass is 32.2. The molecule has 1 aliphatic carbocycles. The van der Waals surface area contributed by atoms with E-state index in [1.54, 1.807) is 0 Å². The fourth-order valence-corrected chi connectivity index (χ4v) is 3.67. The van der Waals surface area contributed by atoms with Crippen molar-refractivity contribution >= 4 is 27.0 Å². The van der Waals surface area contributed by atoms with Crippen molar-refractivity contribution in [3.63, 3.8) is 0 Å². The Morgan fingerprint density at radius 3 is 2.50 bits per heavy atom. The van der Waals surface area contributed by atoms with E-state index in [0.29, 0.717) is 35.0 Å². The Balaban J connectivity index is 1.98. The maximum atomic E-state index is 14.3. The van der Waals surface area contributed by atoms with Gasteiger partial charge in [0, 0.05) is 12.1 Å². The molecule has 0 radical (unpaired) electrons. The summed E-state index contributed by atoms with van der Waals surface area (Å²) in [5.74, 6) is -1.70. The zero-order chi connectivity index (χ0) is 20.5. The first-order valence-electron chi connectivity index (χ1n) is 8.48. The van der Waals surface area contributed by atoms with E-state index in [-0.39, 0.29) is 12.1 Å². The number of sulfonamides is 1. The van der Waals surface area contributed by atoms with E-state index in [9.17, 15) is 17.2 Å². The zero-order valence-corrected chi connectivity index (χ0v) is 15.9. The van der Waals surface area contributed by atoms with E-state index in [1.165, 1.54) is 13.3 Å². The molecule has 0 saturated heterocycles. The number of methoxy groups -OCH3 is 1. The number of pyridine rings is 1. The lowest BCUT2D eigenvalue weighted by molar-refractivity contribution is 0.397. The largest absolute Gasteiger partial charge is 0.480 e. The number of anilines is 2. The Morgan fingerprint density at radius 2 is 1.96 bits per heavy atom. The second-order valence-corrected chi connectivity index (χ2v) is 7.92. The standard InChI is InChI=1S/C18H20F2N4O3S/c1-27-18-16(10-4-2-3-5-10)17(15(21)9-24-18)23-8-12-13(19)6-11(7-14(12)20)28(22,25)26/h4,6-7,9H,2-3,5,8,21H2,1H3,(H,23,24)(H2,22,25,26). The lowest BCUT2D eigenvalue weighted by atomic mass is 10.0. The van der Waals surface area contributed by atoms with Crippen LogP contribution in [-0.4, -0.2) is 20.5 Å². The quantitative estimate of drug-likeness (QED) is 0.673. The highest BCUT2D eigenvalue weighted by Crippen LogP contribution is 2.40. The maximum absolute atomic E-state index is 14.3. The SMILES string of the molecule is COc1ncc(N)c(NCc2c(F)cc(S(N)(=O)=O)cc2F)c1C1=CCCC1. The highest BCUT2D eigenvalue weighted by Gasteiger charge is 2.22. The maximum Gasteiger partial charge on any atom is 0.238 e. The summed E-state index contributed by atoms with van der Waals surface area (Å²) in [4.78, 5) is 3.54. The number of nitrogens with two attached hydrogens (primary N) is 2. The van der Waals surface area contributed by atoms with Gasteiger partial charge in [-0.15, -0.1) is 0 Å². The van der Waals surface area contributed by atoms with Crippen molar-refractivity contribution in [2.45, 2.75) is 30.7 Å². The molecule has 7 nitrogen and oxygen atoms in total. The number of nitrogens with zero attached hydrogens (tertiary/aromatic N) is 1. The first-order valence-corrected chi connectivity index (χ1v) is 10.0. The monoisotopic (exact) mass is 410 g/mol. The Labute approximate surface area is 161 Å². The minimum atomic E-state index is -4.22. The smallest absolute Gasteiger partial charge is 0.238 e. The summed E-state index contributed by atoms with van der Waals surface area (Å²) in [6.07, 6.45) is 6.14. The minimum absolute atomic E-state index is 0.264. The molecule has 1 aliphatic rings. The number of allylic oxidation sites excluding steroid dienone is 2. The molecule has 0 spiro atoms. The molecular weight excluding hydrogens is 390 g/mol. The van der Waals surface area contributed by atoms with E-state index in [1.807, 2.05) is 6.08 Å². The number of ether oxygens (including phenoxy) is 1. The van der Waals surface area contributed by atoms with Gasteiger partial charge in [0.1, 0.15) is 11.6 Å². The van der Waals surface area contributed by atoms with E-state index >= 15 is 0 Å². The number of rotatable bonds is 6. The van der Waals surface area contributed by atoms with Crippen LogP contribution in [0.15, 0.2) is 29.3 Å². The molecule has 1 aromatic carbocycles. The molecular formula is C18H20F2N4O3S. The summed E-state index contributed by atoms with van der Waals surface area (Å²) < 4.78 is 56.6. The molecule has 28 heavy (non-hydrogen) atoms. The van der Waals surface area contributed by atoms with Gasteiger partial charge in [0.2, 0.25) is 15.9 Å². The Bertz CT molecular complexity index is 1030. The predicted molar refractivity (Wildman–Crippen MR) is 102 cm³/mol. The van der Waals surface area contributed by atoms with Gasteiger partial charge in [-0.3, -0.25) is 0 Å². The van der Waals surface area contributed by atoms with Gasteiger partial charge in [-0.1, -0.05) is 6.08 Å². The second-order valence-electron chi connectivity index (χ2n) is 6.36. The van der Waals surface area contributed by atoms with E-state index in [0.717, 1.165) is 24.8 Å². The van der Waals surface area contributed by atoms with Crippen LogP contribution in [0.4, 0.5) is 20.2 Å². The third-order valence-electron chi connectivity index (χ3n) is 4.51. The Hall–Kier alpha value is -2.72. The van der Waals surface area contributed by atoms with Crippen LogP contribution in [0.1, 0.15) is 30.4 Å². The normalized spacial score (nSPS) is 14.1. The van der Waals surface area contributed by atoms with Gasteiger partial charge in [0.05, 0.1) is 35.1 Å². The zero-order valence-electron chi connectivity index (χ0n) is 15.1. The number of nitrogens with one attached hydrogen (secondary N) is 1. The fourth-order valence-electron chi connectivity index (χ4n) is 3.14. The fraction of sp³-hybridized carbons (Fsp3) is 0.278. The molecule has 1 aromatic heterocycles. The lowest BCUT2D eigenvalue weighted by Gasteiger charge is -2.18. The molecule has 150 valence electrons. The van der Waals surface area contributed by atoms with Crippen molar-refractivity contribution in [1.29, 1.82) is 0 Å². The van der Waals surface area contributed by atoms with Crippen LogP contribution in [0.2, 0.25) is 0 Å². The second kappa shape index (κ2) is 7.72. The van der Waals surface area contributed by atoms with Gasteiger partial charge in [0.25, 0.3) is 0 Å². The van der Waals surface area contributed by atoms with Crippen molar-refractivity contribution in [3.05, 3.63) is 47.2 Å². The molecule has 0 bridgehead atoms. The summed E-state index contributed by atoms with van der Waals surface area (Å²) in [6, 6.07) is 1.37. The van der Waals surface area contributed by atoms with Gasteiger partial charge < -0.3 is 15.8 Å². The van der Waals surface area contributed by atoms with Crippen LogP contribution in [0.25, 0.3) is 5.57 Å². The van der Waals surface area contributed by atoms with Crippen LogP contribution >= 0.6 is 0 Å². The van der Waals surface area contributed by atoms with Crippen molar-refractivity contribution < 1.29 is 21.9 Å². The van der Waals surface area contributed by atoms with Crippen LogP contribution in [0.3, 0.4) is 0 Å². The number of nitrogen functional groups attached to an aromatic ring is 1.